The average Bonchev–Trinajstić information content (AvgIpc) is 2.69. The van der Waals surface area contributed by atoms with Gasteiger partial charge in [-0.25, -0.2) is 0 Å². The SMILES string of the molecule is N#Cc1c(C(F)(F)F)cc(-c2cccc([N+](=O)[O-])c2)n(Cc2ccccc2)c1=O. The van der Waals surface area contributed by atoms with E-state index in [0.717, 1.165) is 10.6 Å². The molecule has 0 amide bonds. The lowest BCUT2D eigenvalue weighted by Crippen LogP contribution is -2.28. The summed E-state index contributed by atoms with van der Waals surface area (Å²) in [5, 5.41) is 20.2. The van der Waals surface area contributed by atoms with Crippen molar-refractivity contribution in [2.45, 2.75) is 12.7 Å². The van der Waals surface area contributed by atoms with E-state index in [9.17, 15) is 33.3 Å². The van der Waals surface area contributed by atoms with E-state index in [-0.39, 0.29) is 23.5 Å². The van der Waals surface area contributed by atoms with Crippen molar-refractivity contribution in [1.29, 1.82) is 5.26 Å². The van der Waals surface area contributed by atoms with Crippen molar-refractivity contribution in [3.05, 3.63) is 97.8 Å². The third-order valence-electron chi connectivity index (χ3n) is 4.25. The van der Waals surface area contributed by atoms with Crippen LogP contribution < -0.4 is 5.56 Å². The number of alkyl halides is 3. The van der Waals surface area contributed by atoms with Crippen LogP contribution in [0, 0.1) is 21.4 Å². The highest BCUT2D eigenvalue weighted by molar-refractivity contribution is 5.65. The third kappa shape index (κ3) is 4.01. The van der Waals surface area contributed by atoms with Gasteiger partial charge in [0.05, 0.1) is 22.7 Å². The van der Waals surface area contributed by atoms with Gasteiger partial charge < -0.3 is 4.57 Å². The number of nitro benzene ring substituents is 1. The summed E-state index contributed by atoms with van der Waals surface area (Å²) in [5.41, 5.74) is -3.36. The quantitative estimate of drug-likeness (QED) is 0.482. The fraction of sp³-hybridized carbons (Fsp3) is 0.100. The molecule has 1 aromatic heterocycles. The van der Waals surface area contributed by atoms with E-state index >= 15 is 0 Å². The number of non-ortho nitro benzene ring substituents is 1. The van der Waals surface area contributed by atoms with Crippen LogP contribution in [0.3, 0.4) is 0 Å². The van der Waals surface area contributed by atoms with Gasteiger partial charge in [0.1, 0.15) is 11.6 Å². The van der Waals surface area contributed by atoms with Gasteiger partial charge in [0.15, 0.2) is 0 Å². The Kier molecular flexibility index (Phi) is 5.19. The second-order valence-electron chi connectivity index (χ2n) is 6.11. The molecular weight excluding hydrogens is 387 g/mol. The Hall–Kier alpha value is -3.93. The molecule has 2 aromatic carbocycles. The molecule has 9 heteroatoms. The molecule has 0 bridgehead atoms. The van der Waals surface area contributed by atoms with Gasteiger partial charge in [-0.05, 0) is 11.6 Å². The van der Waals surface area contributed by atoms with Crippen LogP contribution in [0.5, 0.6) is 0 Å². The van der Waals surface area contributed by atoms with Crippen LogP contribution >= 0.6 is 0 Å². The first kappa shape index (κ1) is 19.8. The maximum atomic E-state index is 13.5. The van der Waals surface area contributed by atoms with Crippen molar-refractivity contribution >= 4 is 5.69 Å². The maximum Gasteiger partial charge on any atom is 0.417 e. The zero-order valence-electron chi connectivity index (χ0n) is 14.7. The zero-order chi connectivity index (χ0) is 21.2. The number of benzene rings is 2. The number of hydrogen-bond acceptors (Lipinski definition) is 4. The molecule has 0 unspecified atom stereocenters. The molecule has 3 rings (SSSR count). The van der Waals surface area contributed by atoms with Crippen molar-refractivity contribution in [3.63, 3.8) is 0 Å². The maximum absolute atomic E-state index is 13.5. The highest BCUT2D eigenvalue weighted by Gasteiger charge is 2.36. The Morgan fingerprint density at radius 3 is 2.34 bits per heavy atom. The molecule has 0 saturated heterocycles. The summed E-state index contributed by atoms with van der Waals surface area (Å²) in [4.78, 5) is 23.2. The van der Waals surface area contributed by atoms with Gasteiger partial charge in [0, 0.05) is 17.7 Å². The van der Waals surface area contributed by atoms with Gasteiger partial charge in [-0.2, -0.15) is 18.4 Å². The molecule has 0 spiro atoms. The van der Waals surface area contributed by atoms with Crippen LogP contribution in [0.25, 0.3) is 11.3 Å². The number of aromatic nitrogens is 1. The monoisotopic (exact) mass is 399 g/mol. The summed E-state index contributed by atoms with van der Waals surface area (Å²) >= 11 is 0. The van der Waals surface area contributed by atoms with Crippen LogP contribution in [-0.4, -0.2) is 9.49 Å². The molecule has 146 valence electrons. The predicted molar refractivity (Wildman–Crippen MR) is 98.1 cm³/mol. The second-order valence-corrected chi connectivity index (χ2v) is 6.11. The smallest absolute Gasteiger partial charge is 0.303 e. The van der Waals surface area contributed by atoms with Crippen LogP contribution in [0.1, 0.15) is 16.7 Å². The number of rotatable bonds is 4. The molecule has 29 heavy (non-hydrogen) atoms. The summed E-state index contributed by atoms with van der Waals surface area (Å²) in [6, 6.07) is 15.5. The fourth-order valence-electron chi connectivity index (χ4n) is 2.92. The van der Waals surface area contributed by atoms with E-state index in [2.05, 4.69) is 0 Å². The minimum Gasteiger partial charge on any atom is -0.303 e. The number of halogens is 3. The summed E-state index contributed by atoms with van der Waals surface area (Å²) in [5.74, 6) is 0. The Balaban J connectivity index is 2.34. The van der Waals surface area contributed by atoms with Gasteiger partial charge in [-0.1, -0.05) is 42.5 Å². The normalized spacial score (nSPS) is 11.1. The largest absolute Gasteiger partial charge is 0.417 e. The predicted octanol–water partition coefficient (Wildman–Crippen LogP) is 4.36. The molecule has 0 saturated carbocycles. The standard InChI is InChI=1S/C20H12F3N3O3/c21-20(22,23)17-10-18(14-7-4-8-15(9-14)26(28)29)25(19(27)16(17)11-24)12-13-5-2-1-3-6-13/h1-10H,12H2. The first-order valence-corrected chi connectivity index (χ1v) is 8.26. The van der Waals surface area contributed by atoms with Crippen molar-refractivity contribution in [2.24, 2.45) is 0 Å². The van der Waals surface area contributed by atoms with E-state index in [1.165, 1.54) is 24.3 Å². The lowest BCUT2D eigenvalue weighted by atomic mass is 10.0. The van der Waals surface area contributed by atoms with Gasteiger partial charge in [-0.3, -0.25) is 14.9 Å². The second kappa shape index (κ2) is 7.59. The molecule has 0 aliphatic rings. The molecule has 3 aromatic rings. The van der Waals surface area contributed by atoms with Crippen molar-refractivity contribution in [1.82, 2.24) is 4.57 Å². The Morgan fingerprint density at radius 1 is 1.07 bits per heavy atom. The number of nitriles is 1. The molecular formula is C20H12F3N3O3. The highest BCUT2D eigenvalue weighted by Crippen LogP contribution is 2.34. The summed E-state index contributed by atoms with van der Waals surface area (Å²) in [7, 11) is 0. The van der Waals surface area contributed by atoms with Gasteiger partial charge in [0.25, 0.3) is 11.2 Å². The molecule has 0 aliphatic heterocycles. The first-order chi connectivity index (χ1) is 13.7. The molecule has 6 nitrogen and oxygen atoms in total. The van der Waals surface area contributed by atoms with Crippen LogP contribution in [0.4, 0.5) is 18.9 Å². The van der Waals surface area contributed by atoms with E-state index in [1.807, 2.05) is 0 Å². The van der Waals surface area contributed by atoms with Gasteiger partial charge in [0.2, 0.25) is 0 Å². The molecule has 0 fully saturated rings. The van der Waals surface area contributed by atoms with E-state index < -0.39 is 27.8 Å². The molecule has 0 aliphatic carbocycles. The molecule has 0 N–H and O–H groups in total. The zero-order valence-corrected chi connectivity index (χ0v) is 14.7. The molecule has 0 radical (unpaired) electrons. The van der Waals surface area contributed by atoms with Gasteiger partial charge in [-0.15, -0.1) is 0 Å². The number of pyridine rings is 1. The summed E-state index contributed by atoms with van der Waals surface area (Å²) < 4.78 is 41.4. The third-order valence-corrected chi connectivity index (χ3v) is 4.25. The Bertz CT molecular complexity index is 1180. The summed E-state index contributed by atoms with van der Waals surface area (Å²) in [6.45, 7) is -0.107. The van der Waals surface area contributed by atoms with E-state index in [0.29, 0.717) is 11.6 Å². The van der Waals surface area contributed by atoms with Crippen molar-refractivity contribution in [3.8, 4) is 17.3 Å². The van der Waals surface area contributed by atoms with E-state index in [1.54, 1.807) is 30.3 Å². The number of nitro groups is 1. The number of hydrogen-bond donors (Lipinski definition) is 0. The fourth-order valence-corrected chi connectivity index (χ4v) is 2.92. The van der Waals surface area contributed by atoms with Gasteiger partial charge >= 0.3 is 6.18 Å². The molecule has 0 atom stereocenters. The summed E-state index contributed by atoms with van der Waals surface area (Å²) in [6.07, 6.45) is -4.94. The van der Waals surface area contributed by atoms with Crippen molar-refractivity contribution < 1.29 is 18.1 Å². The van der Waals surface area contributed by atoms with Crippen LogP contribution in [-0.2, 0) is 12.7 Å². The minimum atomic E-state index is -4.94. The topological polar surface area (TPSA) is 88.9 Å². The molecule has 1 heterocycles. The lowest BCUT2D eigenvalue weighted by molar-refractivity contribution is -0.384. The lowest BCUT2D eigenvalue weighted by Gasteiger charge is -2.17. The number of nitrogens with zero attached hydrogens (tertiary/aromatic N) is 3. The highest BCUT2D eigenvalue weighted by atomic mass is 19.4. The Morgan fingerprint density at radius 2 is 1.76 bits per heavy atom. The average molecular weight is 399 g/mol. The van der Waals surface area contributed by atoms with E-state index in [4.69, 9.17) is 0 Å². The first-order valence-electron chi connectivity index (χ1n) is 8.26. The van der Waals surface area contributed by atoms with Crippen LogP contribution in [0.15, 0.2) is 65.5 Å². The van der Waals surface area contributed by atoms with Crippen molar-refractivity contribution in [2.75, 3.05) is 0 Å². The van der Waals surface area contributed by atoms with Crippen LogP contribution in [0.2, 0.25) is 0 Å². The minimum absolute atomic E-state index is 0.0576. The Labute approximate surface area is 162 Å².